The molecule has 5 nitrogen and oxygen atoms in total. The van der Waals surface area contributed by atoms with Crippen molar-refractivity contribution in [2.75, 3.05) is 19.6 Å². The summed E-state index contributed by atoms with van der Waals surface area (Å²) in [5, 5.41) is 0. The summed E-state index contributed by atoms with van der Waals surface area (Å²) in [6.45, 7) is 7.86. The molecular weight excluding hydrogens is 348 g/mol. The Hall–Kier alpha value is -1.66. The van der Waals surface area contributed by atoms with Gasteiger partial charge in [-0.2, -0.15) is 4.31 Å². The molecule has 3 atom stereocenters. The largest absolute Gasteiger partial charge is 0.343 e. The van der Waals surface area contributed by atoms with E-state index >= 15 is 0 Å². The van der Waals surface area contributed by atoms with E-state index in [0.29, 0.717) is 24.5 Å². The van der Waals surface area contributed by atoms with Crippen LogP contribution >= 0.6 is 0 Å². The second-order valence-corrected chi connectivity index (χ2v) is 9.10. The van der Waals surface area contributed by atoms with Gasteiger partial charge in [0.2, 0.25) is 15.9 Å². The maximum atomic E-state index is 13.0. The standard InChI is InChI=1S/C20H28N2O3S/c1-4-21(5-2)20(23)17-8-11-19-16(14-17)12-13-22(19)26(24,25)18-9-6-15(3)7-10-18/h6-11,16-17,19H,4-5,12-14H2,1-3H3/t16-,17+,19+/m1/s1. The molecule has 1 aromatic rings. The van der Waals surface area contributed by atoms with E-state index in [-0.39, 0.29) is 23.8 Å². The lowest BCUT2D eigenvalue weighted by atomic mass is 9.83. The lowest BCUT2D eigenvalue weighted by molar-refractivity contribution is -0.134. The maximum Gasteiger partial charge on any atom is 0.243 e. The molecule has 0 saturated carbocycles. The van der Waals surface area contributed by atoms with Gasteiger partial charge in [0.1, 0.15) is 0 Å². The average molecular weight is 377 g/mol. The van der Waals surface area contributed by atoms with Crippen LogP contribution in [-0.4, -0.2) is 49.2 Å². The van der Waals surface area contributed by atoms with Gasteiger partial charge in [-0.15, -0.1) is 0 Å². The number of carbonyl (C=O) groups is 1. The van der Waals surface area contributed by atoms with E-state index in [2.05, 4.69) is 0 Å². The van der Waals surface area contributed by atoms with Gasteiger partial charge in [0.05, 0.1) is 10.8 Å². The lowest BCUT2D eigenvalue weighted by Gasteiger charge is -2.32. The van der Waals surface area contributed by atoms with Crippen molar-refractivity contribution in [2.24, 2.45) is 11.8 Å². The van der Waals surface area contributed by atoms with Crippen LogP contribution < -0.4 is 0 Å². The molecule has 1 fully saturated rings. The number of sulfonamides is 1. The predicted molar refractivity (Wildman–Crippen MR) is 102 cm³/mol. The van der Waals surface area contributed by atoms with Crippen molar-refractivity contribution in [3.05, 3.63) is 42.0 Å². The zero-order valence-electron chi connectivity index (χ0n) is 15.8. The van der Waals surface area contributed by atoms with Gasteiger partial charge in [-0.25, -0.2) is 8.42 Å². The third kappa shape index (κ3) is 3.45. The van der Waals surface area contributed by atoms with Crippen LogP contribution in [0.1, 0.15) is 32.3 Å². The van der Waals surface area contributed by atoms with Crippen molar-refractivity contribution in [3.63, 3.8) is 0 Å². The molecule has 0 spiro atoms. The number of aryl methyl sites for hydroxylation is 1. The summed E-state index contributed by atoms with van der Waals surface area (Å²) in [5.41, 5.74) is 1.04. The molecule has 0 aromatic heterocycles. The average Bonchev–Trinajstić information content (AvgIpc) is 3.07. The summed E-state index contributed by atoms with van der Waals surface area (Å²) >= 11 is 0. The number of hydrogen-bond acceptors (Lipinski definition) is 3. The van der Waals surface area contributed by atoms with E-state index in [9.17, 15) is 13.2 Å². The van der Waals surface area contributed by atoms with Crippen LogP contribution in [0.25, 0.3) is 0 Å². The monoisotopic (exact) mass is 376 g/mol. The van der Waals surface area contributed by atoms with Gasteiger partial charge in [0, 0.05) is 25.7 Å². The summed E-state index contributed by atoms with van der Waals surface area (Å²) in [7, 11) is -3.50. The first-order chi connectivity index (χ1) is 12.4. The molecule has 0 N–H and O–H groups in total. The van der Waals surface area contributed by atoms with Crippen LogP contribution in [0.2, 0.25) is 0 Å². The highest BCUT2D eigenvalue weighted by atomic mass is 32.2. The van der Waals surface area contributed by atoms with Crippen LogP contribution in [0.15, 0.2) is 41.3 Å². The SMILES string of the molecule is CCN(CC)C(=O)[C@H]1C=C[C@H]2[C@H](CCN2S(=O)(=O)c2ccc(C)cc2)C1. The first kappa shape index (κ1) is 19.1. The van der Waals surface area contributed by atoms with Gasteiger partial charge < -0.3 is 4.90 Å². The quantitative estimate of drug-likeness (QED) is 0.743. The Morgan fingerprint density at radius 3 is 2.42 bits per heavy atom. The molecule has 1 aromatic carbocycles. The molecule has 0 unspecified atom stereocenters. The van der Waals surface area contributed by atoms with Gasteiger partial charge >= 0.3 is 0 Å². The highest BCUT2D eigenvalue weighted by Crippen LogP contribution is 2.38. The van der Waals surface area contributed by atoms with Gasteiger partial charge in [0.25, 0.3) is 0 Å². The Labute approximate surface area is 156 Å². The van der Waals surface area contributed by atoms with Gasteiger partial charge in [0.15, 0.2) is 0 Å². The van der Waals surface area contributed by atoms with Crippen LogP contribution in [0, 0.1) is 18.8 Å². The summed E-state index contributed by atoms with van der Waals surface area (Å²) in [4.78, 5) is 14.8. The minimum atomic E-state index is -3.50. The fourth-order valence-electron chi connectivity index (χ4n) is 4.09. The lowest BCUT2D eigenvalue weighted by Crippen LogP contribution is -2.41. The minimum Gasteiger partial charge on any atom is -0.343 e. The summed E-state index contributed by atoms with van der Waals surface area (Å²) < 4.78 is 27.7. The first-order valence-corrected chi connectivity index (χ1v) is 10.9. The number of hydrogen-bond donors (Lipinski definition) is 0. The van der Waals surface area contributed by atoms with E-state index in [1.54, 1.807) is 16.4 Å². The molecule has 1 aliphatic heterocycles. The van der Waals surface area contributed by atoms with Crippen LogP contribution in [0.3, 0.4) is 0 Å². The molecule has 2 aliphatic rings. The summed E-state index contributed by atoms with van der Waals surface area (Å²) in [5.74, 6) is 0.243. The number of benzene rings is 1. The Morgan fingerprint density at radius 1 is 1.15 bits per heavy atom. The Bertz CT molecular complexity index is 782. The maximum absolute atomic E-state index is 13.0. The van der Waals surface area contributed by atoms with Crippen molar-refractivity contribution in [1.29, 1.82) is 0 Å². The van der Waals surface area contributed by atoms with Crippen molar-refractivity contribution in [2.45, 2.75) is 44.6 Å². The topological polar surface area (TPSA) is 57.7 Å². The summed E-state index contributed by atoms with van der Waals surface area (Å²) in [6, 6.07) is 6.88. The molecule has 6 heteroatoms. The van der Waals surface area contributed by atoms with Crippen molar-refractivity contribution in [1.82, 2.24) is 9.21 Å². The van der Waals surface area contributed by atoms with Crippen molar-refractivity contribution >= 4 is 15.9 Å². The van der Waals surface area contributed by atoms with E-state index in [0.717, 1.165) is 18.4 Å². The van der Waals surface area contributed by atoms with Gasteiger partial charge in [-0.1, -0.05) is 29.8 Å². The predicted octanol–water partition coefficient (Wildman–Crippen LogP) is 2.82. The van der Waals surface area contributed by atoms with E-state index in [1.807, 2.05) is 50.0 Å². The molecule has 26 heavy (non-hydrogen) atoms. The fourth-order valence-corrected chi connectivity index (χ4v) is 5.75. The fraction of sp³-hybridized carbons (Fsp3) is 0.550. The number of carbonyl (C=O) groups excluding carboxylic acids is 1. The van der Waals surface area contributed by atoms with Crippen molar-refractivity contribution in [3.8, 4) is 0 Å². The highest BCUT2D eigenvalue weighted by molar-refractivity contribution is 7.89. The number of amides is 1. The van der Waals surface area contributed by atoms with E-state index in [1.165, 1.54) is 0 Å². The zero-order chi connectivity index (χ0) is 18.9. The number of rotatable bonds is 5. The van der Waals surface area contributed by atoms with E-state index in [4.69, 9.17) is 0 Å². The second-order valence-electron chi connectivity index (χ2n) is 7.21. The van der Waals surface area contributed by atoms with Crippen LogP contribution in [0.5, 0.6) is 0 Å². The van der Waals surface area contributed by atoms with E-state index < -0.39 is 10.0 Å². The number of fused-ring (bicyclic) bond motifs is 1. The Kier molecular flexibility index (Phi) is 5.53. The van der Waals surface area contributed by atoms with Gasteiger partial charge in [-0.3, -0.25) is 4.79 Å². The smallest absolute Gasteiger partial charge is 0.243 e. The molecule has 0 bridgehead atoms. The summed E-state index contributed by atoms with van der Waals surface area (Å²) in [6.07, 6.45) is 5.41. The molecule has 1 aliphatic carbocycles. The molecular formula is C20H28N2O3S. The second kappa shape index (κ2) is 7.53. The molecule has 1 amide bonds. The molecule has 0 radical (unpaired) electrons. The molecule has 142 valence electrons. The zero-order valence-corrected chi connectivity index (χ0v) is 16.6. The Balaban J connectivity index is 1.80. The first-order valence-electron chi connectivity index (χ1n) is 9.44. The Morgan fingerprint density at radius 2 is 1.81 bits per heavy atom. The highest BCUT2D eigenvalue weighted by Gasteiger charge is 2.43. The molecule has 1 heterocycles. The normalized spacial score (nSPS) is 25.9. The van der Waals surface area contributed by atoms with Crippen LogP contribution in [0.4, 0.5) is 0 Å². The molecule has 3 rings (SSSR count). The third-order valence-corrected chi connectivity index (χ3v) is 7.56. The molecule has 1 saturated heterocycles. The van der Waals surface area contributed by atoms with Crippen molar-refractivity contribution < 1.29 is 13.2 Å². The number of nitrogens with zero attached hydrogens (tertiary/aromatic N) is 2. The van der Waals surface area contributed by atoms with Crippen LogP contribution in [-0.2, 0) is 14.8 Å². The van der Waals surface area contributed by atoms with Gasteiger partial charge in [-0.05, 0) is 51.7 Å². The third-order valence-electron chi connectivity index (χ3n) is 5.65. The minimum absolute atomic E-state index is 0.127.